The van der Waals surface area contributed by atoms with Gasteiger partial charge in [-0.25, -0.2) is 9.59 Å². The SMILES string of the molecule is CCOC(=O)c1c(C)c(C(=O)C(C)N(CC(C)C)C(=O)NC(C)C)c(C)n1C. The van der Waals surface area contributed by atoms with Crippen LogP contribution in [0.3, 0.4) is 0 Å². The Morgan fingerprint density at radius 2 is 1.68 bits per heavy atom. The zero-order valence-corrected chi connectivity index (χ0v) is 18.7. The third kappa shape index (κ3) is 5.14. The van der Waals surface area contributed by atoms with Crippen LogP contribution in [0.4, 0.5) is 4.79 Å². The molecule has 1 aromatic rings. The molecule has 1 atom stereocenters. The minimum absolute atomic E-state index is 0.0277. The molecule has 1 rings (SSSR count). The van der Waals surface area contributed by atoms with E-state index < -0.39 is 12.0 Å². The lowest BCUT2D eigenvalue weighted by atomic mass is 9.99. The molecule has 2 amide bonds. The molecule has 0 saturated carbocycles. The normalized spacial score (nSPS) is 12.2. The van der Waals surface area contributed by atoms with Gasteiger partial charge in [0.1, 0.15) is 5.69 Å². The number of esters is 1. The van der Waals surface area contributed by atoms with Crippen molar-refractivity contribution in [3.05, 3.63) is 22.5 Å². The Morgan fingerprint density at radius 1 is 1.11 bits per heavy atom. The molecule has 0 radical (unpaired) electrons. The molecule has 0 bridgehead atoms. The number of ether oxygens (including phenoxy) is 1. The molecule has 1 unspecified atom stereocenters. The van der Waals surface area contributed by atoms with Gasteiger partial charge >= 0.3 is 12.0 Å². The smallest absolute Gasteiger partial charge is 0.355 e. The van der Waals surface area contributed by atoms with Crippen molar-refractivity contribution in [1.82, 2.24) is 14.8 Å². The quantitative estimate of drug-likeness (QED) is 0.542. The molecular weight excluding hydrogens is 358 g/mol. The van der Waals surface area contributed by atoms with Crippen LogP contribution in [0.15, 0.2) is 0 Å². The predicted molar refractivity (Wildman–Crippen MR) is 110 cm³/mol. The number of carbonyl (C=O) groups excluding carboxylic acids is 3. The monoisotopic (exact) mass is 393 g/mol. The van der Waals surface area contributed by atoms with Crippen molar-refractivity contribution in [2.75, 3.05) is 13.2 Å². The standard InChI is InChI=1S/C21H35N3O4/c1-10-28-20(26)18-14(6)17(15(7)23(18)9)19(25)16(8)24(11-12(2)3)21(27)22-13(4)5/h12-13,16H,10-11H2,1-9H3,(H,22,27). The molecule has 1 aromatic heterocycles. The van der Waals surface area contributed by atoms with Gasteiger partial charge in [0.15, 0.2) is 5.78 Å². The lowest BCUT2D eigenvalue weighted by Crippen LogP contribution is -2.51. The number of rotatable bonds is 8. The van der Waals surface area contributed by atoms with Crippen LogP contribution < -0.4 is 5.32 Å². The van der Waals surface area contributed by atoms with E-state index in [-0.39, 0.29) is 30.4 Å². The Balaban J connectivity index is 3.32. The van der Waals surface area contributed by atoms with Crippen LogP contribution >= 0.6 is 0 Å². The number of hydrogen-bond donors (Lipinski definition) is 1. The van der Waals surface area contributed by atoms with E-state index in [0.717, 1.165) is 0 Å². The summed E-state index contributed by atoms with van der Waals surface area (Å²) < 4.78 is 6.82. The number of Topliss-reactive ketones (excluding diaryl/α,β-unsaturated/α-hetero) is 1. The molecule has 0 aliphatic rings. The third-order valence-electron chi connectivity index (χ3n) is 4.73. The van der Waals surface area contributed by atoms with Crippen molar-refractivity contribution in [2.24, 2.45) is 13.0 Å². The highest BCUT2D eigenvalue weighted by molar-refractivity contribution is 6.06. The Morgan fingerprint density at radius 3 is 2.14 bits per heavy atom. The average Bonchev–Trinajstić information content (AvgIpc) is 2.80. The fourth-order valence-electron chi connectivity index (χ4n) is 3.32. The fraction of sp³-hybridized carbons (Fsp3) is 0.667. The number of urea groups is 1. The summed E-state index contributed by atoms with van der Waals surface area (Å²) in [5, 5.41) is 2.87. The maximum absolute atomic E-state index is 13.4. The number of aromatic nitrogens is 1. The summed E-state index contributed by atoms with van der Waals surface area (Å²) in [7, 11) is 1.74. The summed E-state index contributed by atoms with van der Waals surface area (Å²) in [5.74, 6) is -0.421. The van der Waals surface area contributed by atoms with E-state index in [1.54, 1.807) is 44.2 Å². The summed E-state index contributed by atoms with van der Waals surface area (Å²) in [6.07, 6.45) is 0. The summed E-state index contributed by atoms with van der Waals surface area (Å²) in [6.45, 7) is 15.5. The van der Waals surface area contributed by atoms with Crippen molar-refractivity contribution >= 4 is 17.8 Å². The highest BCUT2D eigenvalue weighted by Crippen LogP contribution is 2.25. The van der Waals surface area contributed by atoms with Gasteiger partial charge in [0.25, 0.3) is 0 Å². The molecule has 7 heteroatoms. The molecule has 0 aliphatic carbocycles. The van der Waals surface area contributed by atoms with Crippen LogP contribution in [-0.4, -0.2) is 52.5 Å². The van der Waals surface area contributed by atoms with Gasteiger partial charge < -0.3 is 19.5 Å². The molecule has 158 valence electrons. The molecule has 28 heavy (non-hydrogen) atoms. The molecule has 0 aliphatic heterocycles. The van der Waals surface area contributed by atoms with Gasteiger partial charge in [0.05, 0.1) is 12.6 Å². The van der Waals surface area contributed by atoms with Crippen LogP contribution in [0.5, 0.6) is 0 Å². The first-order valence-electron chi connectivity index (χ1n) is 9.88. The van der Waals surface area contributed by atoms with Crippen LogP contribution in [0.25, 0.3) is 0 Å². The molecule has 7 nitrogen and oxygen atoms in total. The van der Waals surface area contributed by atoms with Crippen LogP contribution in [0.1, 0.15) is 73.6 Å². The van der Waals surface area contributed by atoms with E-state index in [0.29, 0.717) is 29.1 Å². The number of hydrogen-bond acceptors (Lipinski definition) is 4. The summed E-state index contributed by atoms with van der Waals surface area (Å²) in [5.41, 5.74) is 2.12. The number of nitrogens with zero attached hydrogens (tertiary/aromatic N) is 2. The largest absolute Gasteiger partial charge is 0.461 e. The van der Waals surface area contributed by atoms with Crippen molar-refractivity contribution in [3.8, 4) is 0 Å². The summed E-state index contributed by atoms with van der Waals surface area (Å²) >= 11 is 0. The second-order valence-corrected chi connectivity index (χ2v) is 7.90. The minimum Gasteiger partial charge on any atom is -0.461 e. The van der Waals surface area contributed by atoms with Crippen molar-refractivity contribution in [1.29, 1.82) is 0 Å². The number of carbonyl (C=O) groups is 3. The topological polar surface area (TPSA) is 80.6 Å². The number of amides is 2. The lowest BCUT2D eigenvalue weighted by Gasteiger charge is -2.31. The molecule has 0 aromatic carbocycles. The first kappa shape index (κ1) is 23.7. The highest BCUT2D eigenvalue weighted by atomic mass is 16.5. The summed E-state index contributed by atoms with van der Waals surface area (Å²) in [6, 6.07) is -0.947. The van der Waals surface area contributed by atoms with Crippen LogP contribution in [0.2, 0.25) is 0 Å². The highest BCUT2D eigenvalue weighted by Gasteiger charge is 2.32. The molecule has 0 fully saturated rings. The Labute approximate surface area is 168 Å². The van der Waals surface area contributed by atoms with E-state index in [4.69, 9.17) is 4.74 Å². The first-order chi connectivity index (χ1) is 12.9. The first-order valence-corrected chi connectivity index (χ1v) is 9.88. The van der Waals surface area contributed by atoms with E-state index >= 15 is 0 Å². The summed E-state index contributed by atoms with van der Waals surface area (Å²) in [4.78, 5) is 39.9. The van der Waals surface area contributed by atoms with E-state index in [9.17, 15) is 14.4 Å². The zero-order valence-electron chi connectivity index (χ0n) is 18.7. The second-order valence-electron chi connectivity index (χ2n) is 7.90. The molecule has 0 saturated heterocycles. The van der Waals surface area contributed by atoms with Gasteiger partial charge in [-0.15, -0.1) is 0 Å². The Hall–Kier alpha value is -2.31. The van der Waals surface area contributed by atoms with Gasteiger partial charge in [-0.2, -0.15) is 0 Å². The molecule has 1 N–H and O–H groups in total. The van der Waals surface area contributed by atoms with Gasteiger partial charge in [-0.3, -0.25) is 4.79 Å². The number of ketones is 1. The minimum atomic E-state index is -0.656. The maximum atomic E-state index is 13.4. The molecule has 1 heterocycles. The van der Waals surface area contributed by atoms with Crippen LogP contribution in [-0.2, 0) is 11.8 Å². The number of nitrogens with one attached hydrogen (secondary N) is 1. The van der Waals surface area contributed by atoms with E-state index in [2.05, 4.69) is 5.32 Å². The van der Waals surface area contributed by atoms with Gasteiger partial charge in [0, 0.05) is 30.9 Å². The van der Waals surface area contributed by atoms with E-state index in [1.165, 1.54) is 0 Å². The van der Waals surface area contributed by atoms with Gasteiger partial charge in [-0.1, -0.05) is 13.8 Å². The predicted octanol–water partition coefficient (Wildman–Crippen LogP) is 3.47. The van der Waals surface area contributed by atoms with Crippen molar-refractivity contribution in [3.63, 3.8) is 0 Å². The third-order valence-corrected chi connectivity index (χ3v) is 4.73. The lowest BCUT2D eigenvalue weighted by molar-refractivity contribution is 0.0514. The Bertz CT molecular complexity index is 734. The van der Waals surface area contributed by atoms with Gasteiger partial charge in [0.2, 0.25) is 0 Å². The average molecular weight is 394 g/mol. The fourth-order valence-corrected chi connectivity index (χ4v) is 3.32. The molecule has 0 spiro atoms. The second kappa shape index (κ2) is 9.75. The molecular formula is C21H35N3O4. The van der Waals surface area contributed by atoms with E-state index in [1.807, 2.05) is 27.7 Å². The van der Waals surface area contributed by atoms with Gasteiger partial charge in [-0.05, 0) is 53.0 Å². The van der Waals surface area contributed by atoms with Crippen molar-refractivity contribution in [2.45, 2.75) is 67.5 Å². The van der Waals surface area contributed by atoms with Crippen molar-refractivity contribution < 1.29 is 19.1 Å². The Kier molecular flexibility index (Phi) is 8.27. The maximum Gasteiger partial charge on any atom is 0.355 e. The van der Waals surface area contributed by atoms with Crippen LogP contribution in [0, 0.1) is 19.8 Å². The zero-order chi connectivity index (χ0) is 21.8.